The Labute approximate surface area is 119 Å². The van der Waals surface area contributed by atoms with E-state index in [1.54, 1.807) is 6.92 Å². The molecule has 0 bridgehead atoms. The minimum absolute atomic E-state index is 0.164. The first-order chi connectivity index (χ1) is 9.53. The van der Waals surface area contributed by atoms with Crippen LogP contribution in [0.15, 0.2) is 0 Å². The first kappa shape index (κ1) is 15.0. The van der Waals surface area contributed by atoms with Gasteiger partial charge in [0.25, 0.3) is 0 Å². The molecule has 0 saturated heterocycles. The second kappa shape index (κ2) is 5.93. The van der Waals surface area contributed by atoms with Gasteiger partial charge in [-0.1, -0.05) is 0 Å². The highest BCUT2D eigenvalue weighted by Crippen LogP contribution is 2.39. The molecule has 2 rings (SSSR count). The van der Waals surface area contributed by atoms with Gasteiger partial charge in [0.15, 0.2) is 0 Å². The minimum atomic E-state index is -0.788. The van der Waals surface area contributed by atoms with Crippen LogP contribution in [0.4, 0.5) is 11.6 Å². The van der Waals surface area contributed by atoms with E-state index in [9.17, 15) is 10.2 Å². The quantitative estimate of drug-likeness (QED) is 0.601. The highest BCUT2D eigenvalue weighted by molar-refractivity contribution is 5.58. The number of aromatic nitrogens is 2. The summed E-state index contributed by atoms with van der Waals surface area (Å²) < 4.78 is 0. The summed E-state index contributed by atoms with van der Waals surface area (Å²) in [6, 6.07) is 0. The third-order valence-corrected chi connectivity index (χ3v) is 3.57. The maximum atomic E-state index is 9.42. The van der Waals surface area contributed by atoms with Crippen molar-refractivity contribution in [2.75, 3.05) is 30.4 Å². The van der Waals surface area contributed by atoms with Crippen molar-refractivity contribution in [1.82, 2.24) is 9.97 Å². The predicted octanol–water partition coefficient (Wildman–Crippen LogP) is 1.25. The molecule has 1 aromatic heterocycles. The van der Waals surface area contributed by atoms with Gasteiger partial charge in [-0.2, -0.15) is 0 Å². The Hall–Kier alpha value is -1.40. The van der Waals surface area contributed by atoms with Crippen molar-refractivity contribution in [3.63, 3.8) is 0 Å². The molecular formula is C14H24N4O2. The lowest BCUT2D eigenvalue weighted by Gasteiger charge is -2.28. The highest BCUT2D eigenvalue weighted by Gasteiger charge is 2.30. The molecule has 0 atom stereocenters. The van der Waals surface area contributed by atoms with Gasteiger partial charge in [0.2, 0.25) is 0 Å². The zero-order valence-electron chi connectivity index (χ0n) is 12.4. The Bertz CT molecular complexity index is 470. The van der Waals surface area contributed by atoms with E-state index < -0.39 is 5.54 Å². The van der Waals surface area contributed by atoms with Gasteiger partial charge in [0.05, 0.1) is 18.8 Å². The Morgan fingerprint density at radius 3 is 2.30 bits per heavy atom. The Morgan fingerprint density at radius 2 is 1.80 bits per heavy atom. The molecule has 0 aromatic carbocycles. The van der Waals surface area contributed by atoms with Crippen molar-refractivity contribution in [2.45, 2.75) is 45.1 Å². The third-order valence-electron chi connectivity index (χ3n) is 3.57. The lowest BCUT2D eigenvalue weighted by atomic mass is 10.1. The number of hydrogen-bond acceptors (Lipinski definition) is 6. The van der Waals surface area contributed by atoms with Gasteiger partial charge in [-0.3, -0.25) is 0 Å². The Balaban J connectivity index is 2.34. The summed E-state index contributed by atoms with van der Waals surface area (Å²) in [5.74, 6) is 2.80. The average Bonchev–Trinajstić information content (AvgIpc) is 3.27. The van der Waals surface area contributed by atoms with Crippen LogP contribution < -0.4 is 10.6 Å². The Kier molecular flexibility index (Phi) is 4.45. The molecule has 1 aliphatic carbocycles. The molecule has 0 spiro atoms. The van der Waals surface area contributed by atoms with Gasteiger partial charge < -0.3 is 20.8 Å². The normalized spacial score (nSPS) is 15.2. The molecule has 1 aromatic rings. The maximum absolute atomic E-state index is 9.42. The van der Waals surface area contributed by atoms with Crippen LogP contribution in [0.3, 0.4) is 0 Å². The van der Waals surface area contributed by atoms with E-state index in [0.29, 0.717) is 11.7 Å². The predicted molar refractivity (Wildman–Crippen MR) is 79.1 cm³/mol. The van der Waals surface area contributed by atoms with Crippen LogP contribution in [-0.2, 0) is 0 Å². The zero-order chi connectivity index (χ0) is 14.8. The van der Waals surface area contributed by atoms with E-state index >= 15 is 0 Å². The maximum Gasteiger partial charge on any atom is 0.136 e. The topological polar surface area (TPSA) is 90.3 Å². The lowest BCUT2D eigenvalue weighted by molar-refractivity contribution is 0.147. The first-order valence-electron chi connectivity index (χ1n) is 7.15. The van der Waals surface area contributed by atoms with E-state index in [1.165, 1.54) is 0 Å². The van der Waals surface area contributed by atoms with Crippen LogP contribution in [0.1, 0.15) is 44.0 Å². The van der Waals surface area contributed by atoms with E-state index in [2.05, 4.69) is 20.6 Å². The summed E-state index contributed by atoms with van der Waals surface area (Å²) in [5.41, 5.74) is 0.119. The zero-order valence-corrected chi connectivity index (χ0v) is 12.4. The fourth-order valence-corrected chi connectivity index (χ4v) is 1.93. The molecule has 6 nitrogen and oxygen atoms in total. The van der Waals surface area contributed by atoms with Crippen molar-refractivity contribution < 1.29 is 10.2 Å². The highest BCUT2D eigenvalue weighted by atomic mass is 16.3. The van der Waals surface area contributed by atoms with Crippen molar-refractivity contribution in [2.24, 2.45) is 0 Å². The molecule has 4 N–H and O–H groups in total. The second-order valence-electron chi connectivity index (χ2n) is 5.71. The van der Waals surface area contributed by atoms with E-state index in [0.717, 1.165) is 36.6 Å². The molecular weight excluding hydrogens is 256 g/mol. The second-order valence-corrected chi connectivity index (χ2v) is 5.71. The molecule has 20 heavy (non-hydrogen) atoms. The molecule has 1 heterocycles. The van der Waals surface area contributed by atoms with Crippen LogP contribution in [-0.4, -0.2) is 45.5 Å². The molecule has 0 aliphatic heterocycles. The summed E-state index contributed by atoms with van der Waals surface area (Å²) in [5, 5.41) is 25.2. The van der Waals surface area contributed by atoms with Gasteiger partial charge in [0.1, 0.15) is 17.5 Å². The van der Waals surface area contributed by atoms with Crippen molar-refractivity contribution in [1.29, 1.82) is 0 Å². The fraction of sp³-hybridized carbons (Fsp3) is 0.714. The lowest BCUT2D eigenvalue weighted by Crippen LogP contribution is -2.43. The standard InChI is InChI=1S/C14H24N4O2/c1-4-15-11-9(2)12(18-14(3,7-19)8-20)17-13(16-11)10-5-6-10/h10,19-20H,4-8H2,1-3H3,(H2,15,16,17,18). The third kappa shape index (κ3) is 3.19. The number of nitrogens with zero attached hydrogens (tertiary/aromatic N) is 2. The molecule has 1 saturated carbocycles. The minimum Gasteiger partial charge on any atom is -0.394 e. The number of nitrogens with one attached hydrogen (secondary N) is 2. The molecule has 1 fully saturated rings. The number of hydrogen-bond donors (Lipinski definition) is 4. The summed E-state index contributed by atoms with van der Waals surface area (Å²) in [6.07, 6.45) is 2.26. The van der Waals surface area contributed by atoms with Crippen molar-refractivity contribution in [3.8, 4) is 0 Å². The first-order valence-corrected chi connectivity index (χ1v) is 7.15. The summed E-state index contributed by atoms with van der Waals surface area (Å²) in [6.45, 7) is 6.19. The summed E-state index contributed by atoms with van der Waals surface area (Å²) in [4.78, 5) is 9.15. The largest absolute Gasteiger partial charge is 0.394 e. The SMILES string of the molecule is CCNc1nc(C2CC2)nc(NC(C)(CO)CO)c1C. The molecule has 112 valence electrons. The van der Waals surface area contributed by atoms with Crippen LogP contribution in [0.25, 0.3) is 0 Å². The molecule has 1 aliphatic rings. The van der Waals surface area contributed by atoms with Crippen LogP contribution in [0, 0.1) is 6.92 Å². The number of anilines is 2. The van der Waals surface area contributed by atoms with Crippen molar-refractivity contribution in [3.05, 3.63) is 11.4 Å². The fourth-order valence-electron chi connectivity index (χ4n) is 1.93. The monoisotopic (exact) mass is 280 g/mol. The summed E-state index contributed by atoms with van der Waals surface area (Å²) in [7, 11) is 0. The van der Waals surface area contributed by atoms with Gasteiger partial charge in [-0.15, -0.1) is 0 Å². The van der Waals surface area contributed by atoms with Gasteiger partial charge in [0, 0.05) is 18.0 Å². The molecule has 0 amide bonds. The number of rotatable bonds is 7. The van der Waals surface area contributed by atoms with Gasteiger partial charge >= 0.3 is 0 Å². The average molecular weight is 280 g/mol. The molecule has 0 radical (unpaired) electrons. The number of aliphatic hydroxyl groups excluding tert-OH is 2. The van der Waals surface area contributed by atoms with Crippen LogP contribution >= 0.6 is 0 Å². The van der Waals surface area contributed by atoms with E-state index in [-0.39, 0.29) is 13.2 Å². The molecule has 0 unspecified atom stereocenters. The van der Waals surface area contributed by atoms with Crippen molar-refractivity contribution >= 4 is 11.6 Å². The smallest absolute Gasteiger partial charge is 0.136 e. The Morgan fingerprint density at radius 1 is 1.20 bits per heavy atom. The van der Waals surface area contributed by atoms with E-state index in [1.807, 2.05) is 13.8 Å². The van der Waals surface area contributed by atoms with Gasteiger partial charge in [-0.05, 0) is 33.6 Å². The molecule has 6 heteroatoms. The van der Waals surface area contributed by atoms with Crippen LogP contribution in [0.5, 0.6) is 0 Å². The van der Waals surface area contributed by atoms with Gasteiger partial charge in [-0.25, -0.2) is 9.97 Å². The number of aliphatic hydroxyl groups is 2. The van der Waals surface area contributed by atoms with Crippen LogP contribution in [0.2, 0.25) is 0 Å². The van der Waals surface area contributed by atoms with E-state index in [4.69, 9.17) is 0 Å². The summed E-state index contributed by atoms with van der Waals surface area (Å²) >= 11 is 0.